The van der Waals surface area contributed by atoms with Gasteiger partial charge in [-0.1, -0.05) is 22.9 Å². The molecule has 0 bridgehead atoms. The van der Waals surface area contributed by atoms with Crippen LogP contribution in [-0.4, -0.2) is 37.0 Å². The predicted octanol–water partition coefficient (Wildman–Crippen LogP) is 2.59. The minimum absolute atomic E-state index is 0.0267. The van der Waals surface area contributed by atoms with E-state index in [4.69, 9.17) is 10.5 Å². The molecule has 112 valence electrons. The first-order chi connectivity index (χ1) is 9.47. The molecule has 0 fully saturated rings. The van der Waals surface area contributed by atoms with Crippen molar-refractivity contribution in [2.45, 2.75) is 32.7 Å². The number of hydrogen-bond donors (Lipinski definition) is 1. The van der Waals surface area contributed by atoms with Crippen LogP contribution < -0.4 is 10.5 Å². The Morgan fingerprint density at radius 3 is 2.75 bits per heavy atom. The van der Waals surface area contributed by atoms with Crippen molar-refractivity contribution >= 4 is 21.8 Å². The number of nitrogens with zero attached hydrogens (tertiary/aromatic N) is 1. The minimum atomic E-state index is -0.0267. The average Bonchev–Trinajstić information content (AvgIpc) is 2.44. The summed E-state index contributed by atoms with van der Waals surface area (Å²) in [5.74, 6) is 0.705. The van der Waals surface area contributed by atoms with Gasteiger partial charge in [0.2, 0.25) is 0 Å². The van der Waals surface area contributed by atoms with Crippen molar-refractivity contribution in [3.05, 3.63) is 28.2 Å². The first-order valence-corrected chi connectivity index (χ1v) is 7.68. The van der Waals surface area contributed by atoms with Crippen LogP contribution in [0.15, 0.2) is 22.7 Å². The lowest BCUT2D eigenvalue weighted by molar-refractivity contribution is -0.131. The average molecular weight is 343 g/mol. The predicted molar refractivity (Wildman–Crippen MR) is 84.9 cm³/mol. The van der Waals surface area contributed by atoms with Crippen molar-refractivity contribution in [3.63, 3.8) is 0 Å². The molecule has 1 unspecified atom stereocenters. The van der Waals surface area contributed by atoms with E-state index in [9.17, 15) is 4.79 Å². The lowest BCUT2D eigenvalue weighted by Gasteiger charge is -2.17. The van der Waals surface area contributed by atoms with Crippen molar-refractivity contribution in [1.82, 2.24) is 4.90 Å². The third-order valence-corrected chi connectivity index (χ3v) is 3.77. The highest BCUT2D eigenvalue weighted by Gasteiger charge is 2.12. The number of benzene rings is 1. The molecule has 0 spiro atoms. The van der Waals surface area contributed by atoms with Gasteiger partial charge in [0.05, 0.1) is 0 Å². The second-order valence-electron chi connectivity index (χ2n) is 4.82. The molecular formula is C15H23BrN2O2. The number of amides is 1. The van der Waals surface area contributed by atoms with E-state index in [1.54, 1.807) is 11.9 Å². The molecule has 0 heterocycles. The molecule has 1 aromatic rings. The molecule has 1 atom stereocenters. The van der Waals surface area contributed by atoms with Gasteiger partial charge in [0.15, 0.2) is 6.61 Å². The minimum Gasteiger partial charge on any atom is -0.483 e. The highest BCUT2D eigenvalue weighted by Crippen LogP contribution is 2.24. The number of rotatable bonds is 7. The summed E-state index contributed by atoms with van der Waals surface area (Å²) in [7, 11) is 1.77. The molecule has 1 rings (SSSR count). The topological polar surface area (TPSA) is 55.6 Å². The van der Waals surface area contributed by atoms with Crippen LogP contribution in [0.2, 0.25) is 0 Å². The summed E-state index contributed by atoms with van der Waals surface area (Å²) < 4.78 is 6.64. The maximum absolute atomic E-state index is 11.8. The van der Waals surface area contributed by atoms with E-state index in [0.29, 0.717) is 6.54 Å². The van der Waals surface area contributed by atoms with Crippen LogP contribution in [-0.2, 0) is 11.2 Å². The Kier molecular flexibility index (Phi) is 7.02. The van der Waals surface area contributed by atoms with Gasteiger partial charge in [0.1, 0.15) is 5.75 Å². The van der Waals surface area contributed by atoms with E-state index in [2.05, 4.69) is 22.9 Å². The number of hydrogen-bond acceptors (Lipinski definition) is 3. The largest absolute Gasteiger partial charge is 0.483 e. The number of halogens is 1. The zero-order valence-corrected chi connectivity index (χ0v) is 13.9. The van der Waals surface area contributed by atoms with Gasteiger partial charge in [-0.05, 0) is 43.5 Å². The third-order valence-electron chi connectivity index (χ3n) is 3.28. The van der Waals surface area contributed by atoms with Crippen molar-refractivity contribution in [3.8, 4) is 5.75 Å². The van der Waals surface area contributed by atoms with E-state index >= 15 is 0 Å². The number of carbonyl (C=O) groups excluding carboxylic acids is 1. The van der Waals surface area contributed by atoms with Gasteiger partial charge in [-0.15, -0.1) is 0 Å². The van der Waals surface area contributed by atoms with Crippen molar-refractivity contribution in [2.24, 2.45) is 5.73 Å². The molecule has 5 heteroatoms. The molecule has 2 N–H and O–H groups in total. The molecule has 0 aromatic heterocycles. The lowest BCUT2D eigenvalue weighted by atomic mass is 10.0. The summed E-state index contributed by atoms with van der Waals surface area (Å²) in [6.45, 7) is 4.72. The fourth-order valence-corrected chi connectivity index (χ4v) is 2.11. The Bertz CT molecular complexity index is 451. The maximum atomic E-state index is 11.8. The summed E-state index contributed by atoms with van der Waals surface area (Å²) in [6, 6.07) is 5.88. The first kappa shape index (κ1) is 17.0. The standard InChI is InChI=1S/C15H23BrN2O2/c1-4-13(17)9-11-8-12(16)6-7-14(11)20-10-15(19)18(3)5-2/h6-8,13H,4-5,9-10,17H2,1-3H3. The normalized spacial score (nSPS) is 12.1. The third kappa shape index (κ3) is 5.13. The van der Waals surface area contributed by atoms with E-state index in [1.165, 1.54) is 0 Å². The summed E-state index contributed by atoms with van der Waals surface area (Å²) in [6.07, 6.45) is 1.65. The number of ether oxygens (including phenoxy) is 1. The molecule has 0 aliphatic heterocycles. The number of nitrogens with two attached hydrogens (primary N) is 1. The molecule has 1 amide bonds. The molecule has 0 aliphatic carbocycles. The first-order valence-electron chi connectivity index (χ1n) is 6.88. The SMILES string of the molecule is CCC(N)Cc1cc(Br)ccc1OCC(=O)N(C)CC. The van der Waals surface area contributed by atoms with Crippen molar-refractivity contribution < 1.29 is 9.53 Å². The van der Waals surface area contributed by atoms with Gasteiger partial charge >= 0.3 is 0 Å². The molecule has 20 heavy (non-hydrogen) atoms. The van der Waals surface area contributed by atoms with Crippen molar-refractivity contribution in [2.75, 3.05) is 20.2 Å². The van der Waals surface area contributed by atoms with E-state index in [1.807, 2.05) is 25.1 Å². The molecule has 0 radical (unpaired) electrons. The Hall–Kier alpha value is -1.07. The quantitative estimate of drug-likeness (QED) is 0.828. The zero-order valence-electron chi connectivity index (χ0n) is 12.4. The molecular weight excluding hydrogens is 320 g/mol. The molecule has 0 saturated carbocycles. The Balaban J connectivity index is 2.76. The summed E-state index contributed by atoms with van der Waals surface area (Å²) >= 11 is 3.45. The molecule has 1 aromatic carbocycles. The maximum Gasteiger partial charge on any atom is 0.260 e. The smallest absolute Gasteiger partial charge is 0.260 e. The number of likely N-dealkylation sites (N-methyl/N-ethyl adjacent to an activating group) is 1. The van der Waals surface area contributed by atoms with Crippen LogP contribution in [0.5, 0.6) is 5.75 Å². The molecule has 0 aliphatic rings. The Morgan fingerprint density at radius 2 is 2.15 bits per heavy atom. The highest BCUT2D eigenvalue weighted by atomic mass is 79.9. The van der Waals surface area contributed by atoms with E-state index in [0.717, 1.165) is 28.6 Å². The number of carbonyl (C=O) groups is 1. The second kappa shape index (κ2) is 8.27. The van der Waals surface area contributed by atoms with Crippen LogP contribution in [0.1, 0.15) is 25.8 Å². The van der Waals surface area contributed by atoms with Crippen LogP contribution in [0, 0.1) is 0 Å². The van der Waals surface area contributed by atoms with Crippen LogP contribution >= 0.6 is 15.9 Å². The van der Waals surface area contributed by atoms with Gasteiger partial charge in [0.25, 0.3) is 5.91 Å². The van der Waals surface area contributed by atoms with Gasteiger partial charge in [-0.25, -0.2) is 0 Å². The summed E-state index contributed by atoms with van der Waals surface area (Å²) in [5, 5.41) is 0. The highest BCUT2D eigenvalue weighted by molar-refractivity contribution is 9.10. The zero-order chi connectivity index (χ0) is 15.1. The Labute approximate surface area is 129 Å². The lowest BCUT2D eigenvalue weighted by Crippen LogP contribution is -2.31. The fourth-order valence-electron chi connectivity index (χ4n) is 1.70. The van der Waals surface area contributed by atoms with Gasteiger partial charge in [-0.3, -0.25) is 4.79 Å². The van der Waals surface area contributed by atoms with Crippen LogP contribution in [0.3, 0.4) is 0 Å². The molecule has 0 saturated heterocycles. The van der Waals surface area contributed by atoms with Gasteiger partial charge < -0.3 is 15.4 Å². The van der Waals surface area contributed by atoms with Gasteiger partial charge in [0, 0.05) is 24.1 Å². The summed E-state index contributed by atoms with van der Waals surface area (Å²) in [5.41, 5.74) is 7.03. The van der Waals surface area contributed by atoms with Gasteiger partial charge in [-0.2, -0.15) is 0 Å². The Morgan fingerprint density at radius 1 is 1.45 bits per heavy atom. The monoisotopic (exact) mass is 342 g/mol. The van der Waals surface area contributed by atoms with Crippen LogP contribution in [0.4, 0.5) is 0 Å². The fraction of sp³-hybridized carbons (Fsp3) is 0.533. The summed E-state index contributed by atoms with van der Waals surface area (Å²) in [4.78, 5) is 13.4. The van der Waals surface area contributed by atoms with Crippen molar-refractivity contribution in [1.29, 1.82) is 0 Å². The molecule has 4 nitrogen and oxygen atoms in total. The van der Waals surface area contributed by atoms with Crippen LogP contribution in [0.25, 0.3) is 0 Å². The van der Waals surface area contributed by atoms with E-state index < -0.39 is 0 Å². The second-order valence-corrected chi connectivity index (χ2v) is 5.74. The van der Waals surface area contributed by atoms with E-state index in [-0.39, 0.29) is 18.6 Å².